The molecule has 0 atom stereocenters. The lowest BCUT2D eigenvalue weighted by Gasteiger charge is -2.27. The average Bonchev–Trinajstić information content (AvgIpc) is 2.43. The van der Waals surface area contributed by atoms with E-state index >= 15 is 0 Å². The number of hydrogen-bond acceptors (Lipinski definition) is 6. The number of hydrogen-bond donors (Lipinski definition) is 4. The number of nitrogens with one attached hydrogen (secondary N) is 1. The maximum atomic E-state index is 11.9. The second kappa shape index (κ2) is 5.05. The molecule has 1 aliphatic carbocycles. The first-order chi connectivity index (χ1) is 9.69. The molecule has 0 aliphatic heterocycles. The minimum atomic E-state index is -0.862. The second-order valence-electron chi connectivity index (χ2n) is 5.37. The number of rotatable bonds is 3. The number of benzene rings is 1. The molecule has 1 aromatic carbocycles. The van der Waals surface area contributed by atoms with Gasteiger partial charge in [0.25, 0.3) is 0 Å². The molecular formula is C14H14ClNO5. The van der Waals surface area contributed by atoms with Crippen LogP contribution in [0.2, 0.25) is 5.02 Å². The number of ketones is 2. The molecule has 0 spiro atoms. The van der Waals surface area contributed by atoms with Crippen LogP contribution in [-0.2, 0) is 0 Å². The number of phenolic OH excluding ortho intramolecular Hbond substituents is 2. The molecule has 0 saturated heterocycles. The summed E-state index contributed by atoms with van der Waals surface area (Å²) >= 11 is 5.97. The van der Waals surface area contributed by atoms with E-state index in [1.807, 2.05) is 0 Å². The summed E-state index contributed by atoms with van der Waals surface area (Å²) < 4.78 is 0. The van der Waals surface area contributed by atoms with Gasteiger partial charge in [-0.3, -0.25) is 9.59 Å². The Bertz CT molecular complexity index is 679. The summed E-state index contributed by atoms with van der Waals surface area (Å²) in [6, 6.07) is 0. The Labute approximate surface area is 125 Å². The maximum Gasteiger partial charge on any atom is 0.190 e. The smallest absolute Gasteiger partial charge is 0.190 e. The monoisotopic (exact) mass is 311 g/mol. The Morgan fingerprint density at radius 2 is 1.57 bits per heavy atom. The molecule has 0 saturated carbocycles. The quantitative estimate of drug-likeness (QED) is 0.501. The first-order valence-electron chi connectivity index (χ1n) is 6.12. The Balaban J connectivity index is 2.72. The largest absolute Gasteiger partial charge is 0.505 e. The SMILES string of the molecule is CC(C)(CO)Nc1c(O)c2c(c(O)c1Cl)C(=O)C=CC2=O. The van der Waals surface area contributed by atoms with Gasteiger partial charge in [-0.05, 0) is 26.0 Å². The summed E-state index contributed by atoms with van der Waals surface area (Å²) in [5.41, 5.74) is -1.60. The van der Waals surface area contributed by atoms with Crippen molar-refractivity contribution in [2.45, 2.75) is 19.4 Å². The molecule has 0 bridgehead atoms. The predicted molar refractivity (Wildman–Crippen MR) is 77.4 cm³/mol. The number of halogens is 1. The van der Waals surface area contributed by atoms with Crippen molar-refractivity contribution in [1.29, 1.82) is 0 Å². The zero-order chi connectivity index (χ0) is 15.9. The van der Waals surface area contributed by atoms with Gasteiger partial charge in [0.2, 0.25) is 0 Å². The lowest BCUT2D eigenvalue weighted by molar-refractivity contribution is 0.0989. The number of allylic oxidation sites excluding steroid dienone is 2. The van der Waals surface area contributed by atoms with Crippen LogP contribution in [0.1, 0.15) is 34.6 Å². The summed E-state index contributed by atoms with van der Waals surface area (Å²) in [5, 5.41) is 32.0. The number of carbonyl (C=O) groups is 2. The molecule has 2 rings (SSSR count). The van der Waals surface area contributed by atoms with Gasteiger partial charge in [-0.25, -0.2) is 0 Å². The van der Waals surface area contributed by atoms with Crippen molar-refractivity contribution in [3.05, 3.63) is 28.3 Å². The summed E-state index contributed by atoms with van der Waals surface area (Å²) in [6.07, 6.45) is 2.02. The van der Waals surface area contributed by atoms with Crippen molar-refractivity contribution in [1.82, 2.24) is 0 Å². The van der Waals surface area contributed by atoms with Crippen LogP contribution < -0.4 is 5.32 Å². The molecule has 0 unspecified atom stereocenters. The normalized spacial score (nSPS) is 14.3. The van der Waals surface area contributed by atoms with Crippen molar-refractivity contribution in [3.8, 4) is 11.5 Å². The van der Waals surface area contributed by atoms with Crippen molar-refractivity contribution < 1.29 is 24.9 Å². The van der Waals surface area contributed by atoms with Gasteiger partial charge >= 0.3 is 0 Å². The van der Waals surface area contributed by atoms with Gasteiger partial charge in [-0.2, -0.15) is 0 Å². The third-order valence-corrected chi connectivity index (χ3v) is 3.49. The van der Waals surface area contributed by atoms with Crippen molar-refractivity contribution in [2.24, 2.45) is 0 Å². The summed E-state index contributed by atoms with van der Waals surface area (Å²) in [7, 11) is 0. The zero-order valence-corrected chi connectivity index (χ0v) is 12.2. The number of carbonyl (C=O) groups excluding carboxylic acids is 2. The third kappa shape index (κ3) is 2.48. The average molecular weight is 312 g/mol. The fourth-order valence-corrected chi connectivity index (χ4v) is 2.21. The van der Waals surface area contributed by atoms with Crippen LogP contribution in [0.5, 0.6) is 11.5 Å². The lowest BCUT2D eigenvalue weighted by Crippen LogP contribution is -2.35. The Hall–Kier alpha value is -2.05. The van der Waals surface area contributed by atoms with Gasteiger partial charge in [0.15, 0.2) is 17.3 Å². The fourth-order valence-electron chi connectivity index (χ4n) is 1.98. The van der Waals surface area contributed by atoms with E-state index < -0.39 is 28.6 Å². The minimum absolute atomic E-state index is 0.108. The number of anilines is 1. The number of phenols is 2. The second-order valence-corrected chi connectivity index (χ2v) is 5.74. The fraction of sp³-hybridized carbons (Fsp3) is 0.286. The van der Waals surface area contributed by atoms with Crippen LogP contribution in [-0.4, -0.2) is 39.0 Å². The predicted octanol–water partition coefficient (Wildman–Crippen LogP) is 1.87. The summed E-state index contributed by atoms with van der Waals surface area (Å²) in [4.78, 5) is 23.7. The van der Waals surface area contributed by atoms with E-state index in [2.05, 4.69) is 5.32 Å². The van der Waals surface area contributed by atoms with Gasteiger partial charge in [0, 0.05) is 0 Å². The standard InChI is InChI=1S/C14H14ClNO5/c1-14(2,5-17)16-11-10(15)12(20)8-6(18)3-4-7(19)9(8)13(11)21/h3-4,16-17,20-21H,5H2,1-2H3. The molecule has 0 amide bonds. The summed E-state index contributed by atoms with van der Waals surface area (Å²) in [5.74, 6) is -2.34. The molecule has 1 aliphatic rings. The van der Waals surface area contributed by atoms with E-state index in [9.17, 15) is 24.9 Å². The van der Waals surface area contributed by atoms with Gasteiger partial charge in [-0.1, -0.05) is 11.6 Å². The van der Waals surface area contributed by atoms with E-state index in [-0.39, 0.29) is 28.4 Å². The highest BCUT2D eigenvalue weighted by Crippen LogP contribution is 2.46. The lowest BCUT2D eigenvalue weighted by atomic mass is 9.91. The topological polar surface area (TPSA) is 107 Å². The Kier molecular flexibility index (Phi) is 3.69. The highest BCUT2D eigenvalue weighted by Gasteiger charge is 2.32. The molecule has 0 fully saturated rings. The number of aliphatic hydroxyl groups is 1. The van der Waals surface area contributed by atoms with Crippen molar-refractivity contribution in [3.63, 3.8) is 0 Å². The summed E-state index contributed by atoms with van der Waals surface area (Å²) in [6.45, 7) is 2.98. The molecule has 21 heavy (non-hydrogen) atoms. The number of aromatic hydroxyl groups is 2. The van der Waals surface area contributed by atoms with Crippen LogP contribution >= 0.6 is 11.6 Å². The number of aliphatic hydroxyl groups excluding tert-OH is 1. The molecular weight excluding hydrogens is 298 g/mol. The van der Waals surface area contributed by atoms with Crippen LogP contribution in [0.15, 0.2) is 12.2 Å². The van der Waals surface area contributed by atoms with Crippen LogP contribution in [0.25, 0.3) is 0 Å². The first kappa shape index (κ1) is 15.3. The molecule has 112 valence electrons. The van der Waals surface area contributed by atoms with E-state index in [4.69, 9.17) is 11.6 Å². The molecule has 1 aromatic rings. The van der Waals surface area contributed by atoms with Crippen LogP contribution in [0.3, 0.4) is 0 Å². The van der Waals surface area contributed by atoms with Gasteiger partial charge in [-0.15, -0.1) is 0 Å². The van der Waals surface area contributed by atoms with Crippen molar-refractivity contribution in [2.75, 3.05) is 11.9 Å². The Morgan fingerprint density at radius 3 is 2.05 bits per heavy atom. The van der Waals surface area contributed by atoms with E-state index in [0.717, 1.165) is 12.2 Å². The molecule has 0 aromatic heterocycles. The van der Waals surface area contributed by atoms with Gasteiger partial charge in [0.05, 0.1) is 23.3 Å². The van der Waals surface area contributed by atoms with Crippen LogP contribution in [0, 0.1) is 0 Å². The van der Waals surface area contributed by atoms with Crippen LogP contribution in [0.4, 0.5) is 5.69 Å². The third-order valence-electron chi connectivity index (χ3n) is 3.13. The molecule has 4 N–H and O–H groups in total. The highest BCUT2D eigenvalue weighted by molar-refractivity contribution is 6.37. The molecule has 6 nitrogen and oxygen atoms in total. The Morgan fingerprint density at radius 1 is 1.10 bits per heavy atom. The van der Waals surface area contributed by atoms with Gasteiger partial charge in [0.1, 0.15) is 16.5 Å². The van der Waals surface area contributed by atoms with E-state index in [1.165, 1.54) is 0 Å². The maximum absolute atomic E-state index is 11.9. The van der Waals surface area contributed by atoms with Crippen molar-refractivity contribution >= 4 is 28.9 Å². The van der Waals surface area contributed by atoms with Gasteiger partial charge < -0.3 is 20.6 Å². The molecule has 7 heteroatoms. The van der Waals surface area contributed by atoms with E-state index in [0.29, 0.717) is 0 Å². The first-order valence-corrected chi connectivity index (χ1v) is 6.50. The highest BCUT2D eigenvalue weighted by atomic mass is 35.5. The minimum Gasteiger partial charge on any atom is -0.505 e. The van der Waals surface area contributed by atoms with E-state index in [1.54, 1.807) is 13.8 Å². The molecule has 0 heterocycles. The number of fused-ring (bicyclic) bond motifs is 1. The zero-order valence-electron chi connectivity index (χ0n) is 11.4. The molecule has 0 radical (unpaired) electrons.